The average Bonchev–Trinajstić information content (AvgIpc) is 3.56. The van der Waals surface area contributed by atoms with Gasteiger partial charge in [-0.15, -0.1) is 0 Å². The Morgan fingerprint density at radius 2 is 2.02 bits per heavy atom. The molecule has 0 saturated heterocycles. The molecular weight excluding hydrogens is 562 g/mol. The summed E-state index contributed by atoms with van der Waals surface area (Å²) < 4.78 is 19.0. The largest absolute Gasteiger partial charge is 0.496 e. The third-order valence-corrected chi connectivity index (χ3v) is 7.81. The summed E-state index contributed by atoms with van der Waals surface area (Å²) in [6.07, 6.45) is 2.88. The Bertz CT molecular complexity index is 1890. The van der Waals surface area contributed by atoms with Crippen molar-refractivity contribution in [1.29, 1.82) is 5.26 Å². The number of benzene rings is 2. The second-order valence-electron chi connectivity index (χ2n) is 9.16. The molecule has 4 aromatic rings. The number of esters is 1. The Hall–Kier alpha value is -4.39. The molecule has 208 valence electrons. The first-order chi connectivity index (χ1) is 19.9. The predicted octanol–water partition coefficient (Wildman–Crippen LogP) is 5.37. The van der Waals surface area contributed by atoms with Gasteiger partial charge in [-0.2, -0.15) is 5.26 Å². The molecule has 0 aliphatic carbocycles. The van der Waals surface area contributed by atoms with Gasteiger partial charge in [0.2, 0.25) is 0 Å². The van der Waals surface area contributed by atoms with Crippen molar-refractivity contribution in [3.05, 3.63) is 107 Å². The van der Waals surface area contributed by atoms with Gasteiger partial charge in [0.1, 0.15) is 23.3 Å². The molecule has 3 heterocycles. The Balaban J connectivity index is 1.72. The molecule has 0 radical (unpaired) electrons. The highest BCUT2D eigenvalue weighted by Crippen LogP contribution is 2.38. The molecule has 2 aromatic heterocycles. The van der Waals surface area contributed by atoms with Crippen molar-refractivity contribution in [2.24, 2.45) is 4.99 Å². The topological polar surface area (TPSA) is 107 Å². The lowest BCUT2D eigenvalue weighted by Gasteiger charge is -2.27. The number of thiazole rings is 1. The molecule has 0 spiro atoms. The fraction of sp³-hybridized carbons (Fsp3) is 0.226. The highest BCUT2D eigenvalue weighted by Gasteiger charge is 2.36. The number of fused-ring (bicyclic) bond motifs is 1. The van der Waals surface area contributed by atoms with Crippen molar-refractivity contribution in [3.8, 4) is 23.1 Å². The SMILES string of the molecule is CCCC1=C(C(=O)OCC)[C@H](c2cc(Cl)ccc2OC)n2c(s/c(=C/c3ccc(-c4ccccc4C#N)o3)c2=O)=N1. The van der Waals surface area contributed by atoms with Crippen LogP contribution in [-0.4, -0.2) is 24.3 Å². The molecule has 41 heavy (non-hydrogen) atoms. The maximum atomic E-state index is 14.0. The number of carbonyl (C=O) groups excluding carboxylic acids is 1. The Labute approximate surface area is 245 Å². The van der Waals surface area contributed by atoms with Crippen molar-refractivity contribution >= 4 is 35.0 Å². The van der Waals surface area contributed by atoms with Crippen LogP contribution in [0.15, 0.2) is 80.1 Å². The minimum Gasteiger partial charge on any atom is -0.496 e. The number of methoxy groups -OCH3 is 1. The number of aromatic nitrogens is 1. The number of rotatable bonds is 8. The van der Waals surface area contributed by atoms with Crippen LogP contribution in [0.3, 0.4) is 0 Å². The minimum atomic E-state index is -0.864. The van der Waals surface area contributed by atoms with E-state index in [0.717, 1.165) is 6.42 Å². The third kappa shape index (κ3) is 5.36. The summed E-state index contributed by atoms with van der Waals surface area (Å²) in [4.78, 5) is 32.6. The van der Waals surface area contributed by atoms with Crippen LogP contribution in [0.1, 0.15) is 49.6 Å². The van der Waals surface area contributed by atoms with E-state index in [0.29, 0.717) is 60.4 Å². The normalized spacial score (nSPS) is 14.8. The molecule has 2 aromatic carbocycles. The monoisotopic (exact) mass is 587 g/mol. The predicted molar refractivity (Wildman–Crippen MR) is 156 cm³/mol. The molecule has 10 heteroatoms. The number of hydrogen-bond donors (Lipinski definition) is 0. The van der Waals surface area contributed by atoms with Gasteiger partial charge in [-0.05, 0) is 55.8 Å². The lowest BCUT2D eigenvalue weighted by Crippen LogP contribution is -2.40. The summed E-state index contributed by atoms with van der Waals surface area (Å²) in [5.41, 5.74) is 2.17. The first-order valence-corrected chi connectivity index (χ1v) is 14.2. The van der Waals surface area contributed by atoms with Crippen molar-refractivity contribution < 1.29 is 18.7 Å². The zero-order valence-corrected chi connectivity index (χ0v) is 24.2. The molecule has 0 N–H and O–H groups in total. The van der Waals surface area contributed by atoms with Gasteiger partial charge in [0.15, 0.2) is 4.80 Å². The number of nitrogens with zero attached hydrogens (tertiary/aromatic N) is 3. The smallest absolute Gasteiger partial charge is 0.338 e. The molecule has 1 atom stereocenters. The van der Waals surface area contributed by atoms with Gasteiger partial charge in [-0.3, -0.25) is 9.36 Å². The Morgan fingerprint density at radius 3 is 2.76 bits per heavy atom. The van der Waals surface area contributed by atoms with Gasteiger partial charge in [-0.1, -0.05) is 48.4 Å². The van der Waals surface area contributed by atoms with Crippen molar-refractivity contribution in [1.82, 2.24) is 4.57 Å². The first-order valence-electron chi connectivity index (χ1n) is 13.0. The van der Waals surface area contributed by atoms with Crippen molar-refractivity contribution in [2.75, 3.05) is 13.7 Å². The molecule has 8 nitrogen and oxygen atoms in total. The molecule has 1 aliphatic heterocycles. The fourth-order valence-electron chi connectivity index (χ4n) is 4.83. The van der Waals surface area contributed by atoms with Crippen LogP contribution in [0.25, 0.3) is 17.4 Å². The standard InChI is InChI=1S/C31H26ClN3O5S/c1-4-8-23-27(30(37)39-5-2)28(22-15-19(32)11-13-24(22)38-3)35-29(36)26(41-31(35)34-23)16-20-12-14-25(40-20)21-10-7-6-9-18(21)17-33/h6-7,9-16,28H,4-5,8H2,1-3H3/b26-16+/t28-/m0/s1. The van der Waals surface area contributed by atoms with E-state index in [4.69, 9.17) is 30.5 Å². The summed E-state index contributed by atoms with van der Waals surface area (Å²) >= 11 is 7.60. The van der Waals surface area contributed by atoms with Crippen LogP contribution in [0.2, 0.25) is 5.02 Å². The molecule has 0 amide bonds. The Morgan fingerprint density at radius 1 is 1.22 bits per heavy atom. The second-order valence-corrected chi connectivity index (χ2v) is 10.6. The quantitative estimate of drug-likeness (QED) is 0.256. The van der Waals surface area contributed by atoms with Crippen LogP contribution in [0, 0.1) is 11.3 Å². The molecule has 0 bridgehead atoms. The summed E-state index contributed by atoms with van der Waals surface area (Å²) in [5.74, 6) is 0.874. The van der Waals surface area contributed by atoms with Crippen LogP contribution in [0.5, 0.6) is 5.75 Å². The maximum Gasteiger partial charge on any atom is 0.338 e. The Kier molecular flexibility index (Phi) is 8.24. The van der Waals surface area contributed by atoms with Crippen LogP contribution in [0.4, 0.5) is 0 Å². The van der Waals surface area contributed by atoms with E-state index >= 15 is 0 Å². The van der Waals surface area contributed by atoms with Gasteiger partial charge < -0.3 is 13.9 Å². The number of halogens is 1. The van der Waals surface area contributed by atoms with Crippen LogP contribution >= 0.6 is 22.9 Å². The molecular formula is C31H26ClN3O5S. The molecule has 0 fully saturated rings. The van der Waals surface area contributed by atoms with E-state index in [1.165, 1.54) is 23.0 Å². The van der Waals surface area contributed by atoms with Gasteiger partial charge in [0.05, 0.1) is 41.2 Å². The number of carbonyl (C=O) groups is 1. The van der Waals surface area contributed by atoms with Gasteiger partial charge in [0.25, 0.3) is 5.56 Å². The van der Waals surface area contributed by atoms with E-state index in [2.05, 4.69) is 6.07 Å². The van der Waals surface area contributed by atoms with E-state index in [1.54, 1.807) is 61.5 Å². The lowest BCUT2D eigenvalue weighted by molar-refractivity contribution is -0.139. The van der Waals surface area contributed by atoms with E-state index in [9.17, 15) is 14.9 Å². The highest BCUT2D eigenvalue weighted by molar-refractivity contribution is 7.07. The van der Waals surface area contributed by atoms with Crippen LogP contribution < -0.4 is 19.6 Å². The van der Waals surface area contributed by atoms with Crippen molar-refractivity contribution in [2.45, 2.75) is 32.7 Å². The fourth-order valence-corrected chi connectivity index (χ4v) is 6.01. The van der Waals surface area contributed by atoms with Crippen LogP contribution in [-0.2, 0) is 9.53 Å². The summed E-state index contributed by atoms with van der Waals surface area (Å²) in [7, 11) is 1.52. The molecule has 1 aliphatic rings. The van der Waals surface area contributed by atoms with Gasteiger partial charge >= 0.3 is 5.97 Å². The summed E-state index contributed by atoms with van der Waals surface area (Å²) in [5, 5.41) is 9.90. The number of hydrogen-bond acceptors (Lipinski definition) is 8. The van der Waals surface area contributed by atoms with E-state index in [-0.39, 0.29) is 17.7 Å². The third-order valence-electron chi connectivity index (χ3n) is 6.59. The minimum absolute atomic E-state index is 0.168. The highest BCUT2D eigenvalue weighted by atomic mass is 35.5. The average molecular weight is 588 g/mol. The number of allylic oxidation sites excluding steroid dienone is 1. The number of ether oxygens (including phenoxy) is 2. The molecule has 5 rings (SSSR count). The molecule has 0 saturated carbocycles. The maximum absolute atomic E-state index is 14.0. The zero-order valence-electron chi connectivity index (χ0n) is 22.6. The summed E-state index contributed by atoms with van der Waals surface area (Å²) in [6.45, 7) is 3.89. The second kappa shape index (κ2) is 12.0. The molecule has 0 unspecified atom stereocenters. The van der Waals surface area contributed by atoms with E-state index < -0.39 is 12.0 Å². The first kappa shape index (κ1) is 28.1. The van der Waals surface area contributed by atoms with Crippen molar-refractivity contribution in [3.63, 3.8) is 0 Å². The summed E-state index contributed by atoms with van der Waals surface area (Å²) in [6, 6.07) is 17.0. The lowest BCUT2D eigenvalue weighted by atomic mass is 9.93. The van der Waals surface area contributed by atoms with Gasteiger partial charge in [0, 0.05) is 22.2 Å². The van der Waals surface area contributed by atoms with Gasteiger partial charge in [-0.25, -0.2) is 9.79 Å². The number of furan rings is 1. The van der Waals surface area contributed by atoms with E-state index in [1.807, 2.05) is 13.0 Å². The number of nitriles is 1. The zero-order chi connectivity index (χ0) is 29.1.